The molecule has 1 saturated carbocycles. The Balaban J connectivity index is 1.10. The van der Waals surface area contributed by atoms with E-state index in [4.69, 9.17) is 5.10 Å². The molecule has 1 aliphatic carbocycles. The standard InChI is InChI=1S/C38H34N6O3/c1-23-13-17-25(18-14-23)21-28-9-5-11-30-33(28)40-44(35(30)27-19-15-24(2)16-20-27)32(45)22-42-36-34(39-41-42)37(46)43(38(36)47)31-12-6-8-26-7-3-4-10-29(26)31/h3-4,6-8,10,12-21,30,34-36H,5,9,11,22H2,1-2H3/b28-21-/t30-,34+,35+,36-/m1/s1. The predicted octanol–water partition coefficient (Wildman–Crippen LogP) is 6.57. The Labute approximate surface area is 272 Å². The van der Waals surface area contributed by atoms with Crippen LogP contribution in [0.15, 0.2) is 112 Å². The Morgan fingerprint density at radius 1 is 0.851 bits per heavy atom. The van der Waals surface area contributed by atoms with Crippen LogP contribution in [-0.4, -0.2) is 52.1 Å². The molecule has 9 nitrogen and oxygen atoms in total. The van der Waals surface area contributed by atoms with Crippen molar-refractivity contribution in [3.8, 4) is 0 Å². The largest absolute Gasteiger partial charge is 0.271 e. The second-order valence-electron chi connectivity index (χ2n) is 12.9. The fraction of sp³-hybridized carbons (Fsp3) is 0.263. The van der Waals surface area contributed by atoms with Crippen molar-refractivity contribution in [1.82, 2.24) is 10.0 Å². The number of hydrogen-bond donors (Lipinski definition) is 0. The van der Waals surface area contributed by atoms with E-state index in [1.54, 1.807) is 11.1 Å². The second kappa shape index (κ2) is 11.4. The van der Waals surface area contributed by atoms with Gasteiger partial charge in [0.25, 0.3) is 17.7 Å². The first kappa shape index (κ1) is 29.0. The SMILES string of the molecule is Cc1ccc(/C=C2/CCC[C@@H]3C2=NN(C(=O)CN2N=N[C@@H]4C(=O)N(c5cccc6ccccc56)C(=O)[C@@H]42)[C@H]3c2ccc(C)cc2)cc1. The van der Waals surface area contributed by atoms with Crippen molar-refractivity contribution >= 4 is 46.0 Å². The van der Waals surface area contributed by atoms with Crippen LogP contribution in [0.25, 0.3) is 16.8 Å². The van der Waals surface area contributed by atoms with Gasteiger partial charge in [-0.2, -0.15) is 10.2 Å². The molecule has 0 unspecified atom stereocenters. The first-order chi connectivity index (χ1) is 22.9. The minimum atomic E-state index is -1.00. The third-order valence-electron chi connectivity index (χ3n) is 9.76. The number of imide groups is 1. The van der Waals surface area contributed by atoms with Crippen LogP contribution >= 0.6 is 0 Å². The van der Waals surface area contributed by atoms with Crippen LogP contribution in [0.2, 0.25) is 0 Å². The summed E-state index contributed by atoms with van der Waals surface area (Å²) in [6.07, 6.45) is 4.98. The Hall–Kier alpha value is -5.44. The number of hydrazone groups is 1. The first-order valence-electron chi connectivity index (χ1n) is 16.1. The highest BCUT2D eigenvalue weighted by Crippen LogP contribution is 2.45. The van der Waals surface area contributed by atoms with Gasteiger partial charge in [-0.3, -0.25) is 19.4 Å². The zero-order chi connectivity index (χ0) is 32.2. The molecule has 234 valence electrons. The molecule has 1 saturated heterocycles. The average molecular weight is 623 g/mol. The molecule has 4 aromatic rings. The lowest BCUT2D eigenvalue weighted by Gasteiger charge is -2.30. The van der Waals surface area contributed by atoms with Crippen molar-refractivity contribution in [3.63, 3.8) is 0 Å². The molecule has 3 heterocycles. The molecule has 47 heavy (non-hydrogen) atoms. The third-order valence-corrected chi connectivity index (χ3v) is 9.76. The summed E-state index contributed by atoms with van der Waals surface area (Å²) in [5, 5.41) is 18.1. The molecule has 3 amide bonds. The van der Waals surface area contributed by atoms with Gasteiger partial charge in [-0.05, 0) is 67.3 Å². The molecule has 3 aliphatic heterocycles. The number of amides is 3. The van der Waals surface area contributed by atoms with E-state index in [9.17, 15) is 14.4 Å². The van der Waals surface area contributed by atoms with E-state index in [1.165, 1.54) is 15.5 Å². The number of benzene rings is 4. The van der Waals surface area contributed by atoms with Gasteiger partial charge in [0.05, 0.1) is 17.4 Å². The molecule has 0 bridgehead atoms. The van der Waals surface area contributed by atoms with Gasteiger partial charge in [-0.1, -0.05) is 101 Å². The lowest BCUT2D eigenvalue weighted by molar-refractivity contribution is -0.136. The normalized spacial score (nSPS) is 24.3. The number of hydrogen-bond acceptors (Lipinski definition) is 7. The number of anilines is 1. The van der Waals surface area contributed by atoms with Crippen LogP contribution in [0, 0.1) is 19.8 Å². The maximum Gasteiger partial charge on any atom is 0.264 e. The quantitative estimate of drug-likeness (QED) is 0.235. The van der Waals surface area contributed by atoms with Crippen LogP contribution in [0.4, 0.5) is 5.69 Å². The summed E-state index contributed by atoms with van der Waals surface area (Å²) in [7, 11) is 0. The van der Waals surface area contributed by atoms with Gasteiger partial charge in [0.1, 0.15) is 6.54 Å². The molecule has 4 atom stereocenters. The second-order valence-corrected chi connectivity index (χ2v) is 12.9. The summed E-state index contributed by atoms with van der Waals surface area (Å²) >= 11 is 0. The highest BCUT2D eigenvalue weighted by Gasteiger charge is 2.56. The Morgan fingerprint density at radius 3 is 2.36 bits per heavy atom. The highest BCUT2D eigenvalue weighted by atomic mass is 16.2. The van der Waals surface area contributed by atoms with Crippen molar-refractivity contribution < 1.29 is 14.4 Å². The fourth-order valence-corrected chi connectivity index (χ4v) is 7.37. The van der Waals surface area contributed by atoms with E-state index in [-0.39, 0.29) is 24.4 Å². The molecular formula is C38H34N6O3. The van der Waals surface area contributed by atoms with Crippen LogP contribution in [0.5, 0.6) is 0 Å². The van der Waals surface area contributed by atoms with Gasteiger partial charge < -0.3 is 0 Å². The number of nitrogens with zero attached hydrogens (tertiary/aromatic N) is 6. The first-order valence-corrected chi connectivity index (χ1v) is 16.1. The molecule has 0 radical (unpaired) electrons. The summed E-state index contributed by atoms with van der Waals surface area (Å²) in [5.74, 6) is -1.13. The van der Waals surface area contributed by atoms with Gasteiger partial charge >= 0.3 is 0 Å². The van der Waals surface area contributed by atoms with E-state index >= 15 is 0 Å². The summed E-state index contributed by atoms with van der Waals surface area (Å²) in [6, 6.07) is 27.6. The van der Waals surface area contributed by atoms with Crippen molar-refractivity contribution in [2.45, 2.75) is 51.2 Å². The van der Waals surface area contributed by atoms with Gasteiger partial charge in [0.2, 0.25) is 0 Å². The molecule has 2 fully saturated rings. The predicted molar refractivity (Wildman–Crippen MR) is 180 cm³/mol. The number of aryl methyl sites for hydroxylation is 2. The zero-order valence-corrected chi connectivity index (χ0v) is 26.3. The van der Waals surface area contributed by atoms with E-state index in [1.807, 2.05) is 43.3 Å². The van der Waals surface area contributed by atoms with E-state index in [2.05, 4.69) is 71.9 Å². The van der Waals surface area contributed by atoms with Crippen molar-refractivity contribution in [2.24, 2.45) is 21.4 Å². The molecule has 4 aromatic carbocycles. The highest BCUT2D eigenvalue weighted by molar-refractivity contribution is 6.27. The molecule has 8 rings (SSSR count). The number of rotatable bonds is 5. The van der Waals surface area contributed by atoms with Gasteiger partial charge in [0.15, 0.2) is 12.1 Å². The summed E-state index contributed by atoms with van der Waals surface area (Å²) in [6.45, 7) is 3.89. The molecule has 9 heteroatoms. The number of carbonyl (C=O) groups is 3. The summed E-state index contributed by atoms with van der Waals surface area (Å²) < 4.78 is 0. The third kappa shape index (κ3) is 4.93. The minimum Gasteiger partial charge on any atom is -0.271 e. The number of allylic oxidation sites excluding steroid dienone is 1. The van der Waals surface area contributed by atoms with E-state index < -0.39 is 23.9 Å². The van der Waals surface area contributed by atoms with Crippen molar-refractivity contribution in [2.75, 3.05) is 11.4 Å². The molecule has 0 aromatic heterocycles. The van der Waals surface area contributed by atoms with E-state index in [0.29, 0.717) is 5.69 Å². The summed E-state index contributed by atoms with van der Waals surface area (Å²) in [4.78, 5) is 42.9. The zero-order valence-electron chi connectivity index (χ0n) is 26.3. The van der Waals surface area contributed by atoms with Gasteiger partial charge in [-0.25, -0.2) is 9.91 Å². The molecule has 0 spiro atoms. The minimum absolute atomic E-state index is 0.0385. The number of carbonyl (C=O) groups excluding carboxylic acids is 3. The smallest absolute Gasteiger partial charge is 0.264 e. The maximum absolute atomic E-state index is 14.2. The Morgan fingerprint density at radius 2 is 1.57 bits per heavy atom. The molecule has 0 N–H and O–H groups in total. The lowest BCUT2D eigenvalue weighted by Crippen LogP contribution is -2.45. The Kier molecular flexibility index (Phi) is 7.04. The van der Waals surface area contributed by atoms with Crippen LogP contribution in [0.1, 0.15) is 47.6 Å². The van der Waals surface area contributed by atoms with Crippen molar-refractivity contribution in [3.05, 3.63) is 119 Å². The van der Waals surface area contributed by atoms with Crippen LogP contribution in [-0.2, 0) is 14.4 Å². The van der Waals surface area contributed by atoms with Crippen LogP contribution in [0.3, 0.4) is 0 Å². The lowest BCUT2D eigenvalue weighted by atomic mass is 9.77. The molecular weight excluding hydrogens is 588 g/mol. The Bertz CT molecular complexity index is 2010. The topological polar surface area (TPSA) is 98.0 Å². The number of fused-ring (bicyclic) bond motifs is 3. The average Bonchev–Trinajstić information content (AvgIpc) is 3.75. The fourth-order valence-electron chi connectivity index (χ4n) is 7.37. The van der Waals surface area contributed by atoms with Crippen LogP contribution < -0.4 is 4.90 Å². The summed E-state index contributed by atoms with van der Waals surface area (Å²) in [5.41, 5.74) is 7.04. The van der Waals surface area contributed by atoms with Crippen molar-refractivity contribution in [1.29, 1.82) is 0 Å². The monoisotopic (exact) mass is 622 g/mol. The van der Waals surface area contributed by atoms with Gasteiger partial charge in [-0.15, -0.1) is 0 Å². The molecule has 4 aliphatic rings. The maximum atomic E-state index is 14.2. The van der Waals surface area contributed by atoms with E-state index in [0.717, 1.165) is 58.0 Å². The van der Waals surface area contributed by atoms with Gasteiger partial charge in [0, 0.05) is 11.3 Å².